The van der Waals surface area contributed by atoms with E-state index in [2.05, 4.69) is 21.3 Å². The Hall–Kier alpha value is -3.31. The zero-order chi connectivity index (χ0) is 30.0. The Morgan fingerprint density at radius 2 is 1.27 bits per heavy atom. The molecule has 0 radical (unpaired) electrons. The zero-order valence-corrected chi connectivity index (χ0v) is 24.3. The zero-order valence-electron chi connectivity index (χ0n) is 24.3. The lowest BCUT2D eigenvalue weighted by molar-refractivity contribution is -0.135. The van der Waals surface area contributed by atoms with Crippen LogP contribution < -0.4 is 21.3 Å². The summed E-state index contributed by atoms with van der Waals surface area (Å²) in [4.78, 5) is 64.3. The van der Waals surface area contributed by atoms with E-state index in [1.807, 2.05) is 58.0 Å². The third-order valence-electron chi connectivity index (χ3n) is 6.57. The Morgan fingerprint density at radius 3 is 1.77 bits per heavy atom. The maximum absolute atomic E-state index is 13.6. The number of epoxide rings is 1. The highest BCUT2D eigenvalue weighted by atomic mass is 16.6. The molecule has 11 nitrogen and oxygen atoms in total. The average Bonchev–Trinajstić information content (AvgIpc) is 3.63. The summed E-state index contributed by atoms with van der Waals surface area (Å²) in [6.07, 6.45) is 0.815. The summed E-state index contributed by atoms with van der Waals surface area (Å²) in [6, 6.07) is 5.05. The molecule has 1 aliphatic rings. The van der Waals surface area contributed by atoms with Crippen molar-refractivity contribution in [1.29, 1.82) is 0 Å². The van der Waals surface area contributed by atoms with Crippen molar-refractivity contribution < 1.29 is 33.8 Å². The first-order chi connectivity index (χ1) is 18.7. The van der Waals surface area contributed by atoms with E-state index >= 15 is 0 Å². The molecule has 0 bridgehead atoms. The van der Waals surface area contributed by atoms with Crippen molar-refractivity contribution in [1.82, 2.24) is 21.3 Å². The first-order valence-corrected chi connectivity index (χ1v) is 13.8. The van der Waals surface area contributed by atoms with E-state index in [-0.39, 0.29) is 30.5 Å². The molecule has 40 heavy (non-hydrogen) atoms. The number of rotatable bonds is 16. The standard InChI is InChI=1S/C29H44N4O7/c1-17(2)12-21(25(36)29(6)16-40-29)31-27(38)23(14-20-10-8-7-9-11-20)33-26(37)22(13-18(3)4)32-28(39)24(15-34)30-19(5)35/h7-11,17-18,21-24,34H,12-16H2,1-6H3,(H,30,35)(H,31,38)(H,32,39)(H,33,37)/t21-,22-,23-,24-,29+/m0/s1. The normalized spacial score (nSPS) is 19.2. The number of Topliss-reactive ketones (excluding diaryl/α,β-unsaturated/α-hetero) is 1. The molecule has 1 fully saturated rings. The average molecular weight is 561 g/mol. The summed E-state index contributed by atoms with van der Waals surface area (Å²) in [5.41, 5.74) is -0.128. The van der Waals surface area contributed by atoms with Gasteiger partial charge >= 0.3 is 0 Å². The second kappa shape index (κ2) is 14.9. The number of hydrogen-bond acceptors (Lipinski definition) is 7. The number of nitrogens with one attached hydrogen (secondary N) is 4. The van der Waals surface area contributed by atoms with Gasteiger partial charge in [0.15, 0.2) is 5.78 Å². The Bertz CT molecular complexity index is 1040. The number of carbonyl (C=O) groups excluding carboxylic acids is 5. The minimum atomic E-state index is -1.22. The van der Waals surface area contributed by atoms with E-state index in [1.54, 1.807) is 6.92 Å². The Morgan fingerprint density at radius 1 is 0.800 bits per heavy atom. The quantitative estimate of drug-likeness (QED) is 0.185. The molecular weight excluding hydrogens is 516 g/mol. The van der Waals surface area contributed by atoms with Crippen LogP contribution in [0.15, 0.2) is 30.3 Å². The summed E-state index contributed by atoms with van der Waals surface area (Å²) < 4.78 is 5.33. The van der Waals surface area contributed by atoms with Crippen LogP contribution in [0.1, 0.15) is 59.9 Å². The van der Waals surface area contributed by atoms with Gasteiger partial charge in [-0.15, -0.1) is 0 Å². The van der Waals surface area contributed by atoms with Crippen molar-refractivity contribution in [2.45, 2.75) is 90.6 Å². The van der Waals surface area contributed by atoms with Gasteiger partial charge in [0, 0.05) is 13.3 Å². The van der Waals surface area contributed by atoms with Crippen LogP contribution in [-0.4, -0.2) is 77.5 Å². The molecule has 4 amide bonds. The highest BCUT2D eigenvalue weighted by Gasteiger charge is 2.50. The van der Waals surface area contributed by atoms with Gasteiger partial charge in [-0.3, -0.25) is 24.0 Å². The number of aliphatic hydroxyl groups is 1. The molecule has 5 atom stereocenters. The fourth-order valence-electron chi connectivity index (χ4n) is 4.34. The molecular formula is C29H44N4O7. The van der Waals surface area contributed by atoms with Gasteiger partial charge in [0.05, 0.1) is 19.3 Å². The third kappa shape index (κ3) is 10.3. The molecule has 2 rings (SSSR count). The number of amides is 4. The van der Waals surface area contributed by atoms with Gasteiger partial charge in [-0.25, -0.2) is 0 Å². The highest BCUT2D eigenvalue weighted by Crippen LogP contribution is 2.29. The van der Waals surface area contributed by atoms with Gasteiger partial charge in [0.2, 0.25) is 23.6 Å². The van der Waals surface area contributed by atoms with E-state index in [0.717, 1.165) is 5.56 Å². The molecule has 11 heteroatoms. The first kappa shape index (κ1) is 32.9. The summed E-state index contributed by atoms with van der Waals surface area (Å²) in [7, 11) is 0. The largest absolute Gasteiger partial charge is 0.394 e. The van der Waals surface area contributed by atoms with Crippen LogP contribution >= 0.6 is 0 Å². The molecule has 0 saturated carbocycles. The lowest BCUT2D eigenvalue weighted by Crippen LogP contribution is -2.59. The smallest absolute Gasteiger partial charge is 0.245 e. The molecule has 1 aromatic carbocycles. The monoisotopic (exact) mass is 560 g/mol. The lowest BCUT2D eigenvalue weighted by Gasteiger charge is -2.27. The van der Waals surface area contributed by atoms with E-state index < -0.39 is 60.0 Å². The molecule has 0 unspecified atom stereocenters. The van der Waals surface area contributed by atoms with Gasteiger partial charge in [-0.05, 0) is 37.2 Å². The van der Waals surface area contributed by atoms with Gasteiger partial charge < -0.3 is 31.1 Å². The predicted molar refractivity (Wildman–Crippen MR) is 149 cm³/mol. The van der Waals surface area contributed by atoms with Crippen molar-refractivity contribution >= 4 is 29.4 Å². The minimum absolute atomic E-state index is 0.00174. The maximum Gasteiger partial charge on any atom is 0.245 e. The third-order valence-corrected chi connectivity index (χ3v) is 6.57. The molecule has 1 saturated heterocycles. The van der Waals surface area contributed by atoms with Crippen molar-refractivity contribution in [2.24, 2.45) is 11.8 Å². The summed E-state index contributed by atoms with van der Waals surface area (Å²) in [5, 5.41) is 20.1. The van der Waals surface area contributed by atoms with Crippen LogP contribution in [0.3, 0.4) is 0 Å². The van der Waals surface area contributed by atoms with Gasteiger partial charge in [0.1, 0.15) is 23.7 Å². The van der Waals surface area contributed by atoms with Crippen LogP contribution in [-0.2, 0) is 35.1 Å². The Kier molecular flexibility index (Phi) is 12.3. The maximum atomic E-state index is 13.6. The summed E-state index contributed by atoms with van der Waals surface area (Å²) >= 11 is 0. The fraction of sp³-hybridized carbons (Fsp3) is 0.621. The molecule has 1 heterocycles. The highest BCUT2D eigenvalue weighted by molar-refractivity contribution is 5.98. The molecule has 5 N–H and O–H groups in total. The SMILES string of the molecule is CC(=O)N[C@@H](CO)C(=O)N[C@@H](CC(C)C)C(=O)N[C@@H](Cc1ccccc1)C(=O)N[C@@H](CC(C)C)C(=O)[C@@]1(C)CO1. The molecule has 0 aliphatic carbocycles. The van der Waals surface area contributed by atoms with Crippen molar-refractivity contribution in [3.05, 3.63) is 35.9 Å². The van der Waals surface area contributed by atoms with Crippen molar-refractivity contribution in [2.75, 3.05) is 13.2 Å². The molecule has 1 aliphatic heterocycles. The Balaban J connectivity index is 2.27. The summed E-state index contributed by atoms with van der Waals surface area (Å²) in [5.74, 6) is -2.44. The predicted octanol–water partition coefficient (Wildman–Crippen LogP) is 0.631. The van der Waals surface area contributed by atoms with Gasteiger partial charge in [-0.1, -0.05) is 58.0 Å². The van der Waals surface area contributed by atoms with Crippen molar-refractivity contribution in [3.63, 3.8) is 0 Å². The number of ether oxygens (including phenoxy) is 1. The van der Waals surface area contributed by atoms with Crippen LogP contribution in [0.2, 0.25) is 0 Å². The Labute approximate surface area is 236 Å². The van der Waals surface area contributed by atoms with Crippen LogP contribution in [0.5, 0.6) is 0 Å². The molecule has 1 aromatic rings. The molecule has 0 aromatic heterocycles. The number of hydrogen-bond donors (Lipinski definition) is 5. The second-order valence-electron chi connectivity index (χ2n) is 11.5. The summed E-state index contributed by atoms with van der Waals surface area (Å²) in [6.45, 7) is 10.2. The minimum Gasteiger partial charge on any atom is -0.394 e. The molecule has 222 valence electrons. The van der Waals surface area contributed by atoms with Crippen molar-refractivity contribution in [3.8, 4) is 0 Å². The number of aliphatic hydroxyl groups excluding tert-OH is 1. The fourth-order valence-corrected chi connectivity index (χ4v) is 4.34. The van der Waals surface area contributed by atoms with E-state index in [9.17, 15) is 29.1 Å². The van der Waals surface area contributed by atoms with E-state index in [0.29, 0.717) is 13.0 Å². The topological polar surface area (TPSA) is 166 Å². The number of benzene rings is 1. The van der Waals surface area contributed by atoms with Gasteiger partial charge in [0.25, 0.3) is 0 Å². The van der Waals surface area contributed by atoms with Gasteiger partial charge in [-0.2, -0.15) is 0 Å². The van der Waals surface area contributed by atoms with Crippen LogP contribution in [0, 0.1) is 11.8 Å². The van der Waals surface area contributed by atoms with E-state index in [4.69, 9.17) is 4.74 Å². The number of carbonyl (C=O) groups is 5. The number of ketones is 1. The molecule has 0 spiro atoms. The second-order valence-corrected chi connectivity index (χ2v) is 11.5. The lowest BCUT2D eigenvalue weighted by atomic mass is 9.93. The first-order valence-electron chi connectivity index (χ1n) is 13.8. The van der Waals surface area contributed by atoms with Crippen LogP contribution in [0.25, 0.3) is 0 Å². The van der Waals surface area contributed by atoms with E-state index in [1.165, 1.54) is 6.92 Å². The van der Waals surface area contributed by atoms with Crippen LogP contribution in [0.4, 0.5) is 0 Å².